The molecule has 0 saturated carbocycles. The van der Waals surface area contributed by atoms with E-state index in [0.29, 0.717) is 28.2 Å². The highest BCUT2D eigenvalue weighted by molar-refractivity contribution is 6.14. The smallest absolute Gasteiger partial charge is 0.333 e. The van der Waals surface area contributed by atoms with E-state index >= 15 is 0 Å². The van der Waals surface area contributed by atoms with Crippen LogP contribution in [-0.4, -0.2) is 39.7 Å². The Morgan fingerprint density at radius 2 is 1.50 bits per heavy atom. The zero-order chi connectivity index (χ0) is 19.1. The average molecular weight is 359 g/mol. The number of hydrogen-bond donors (Lipinski definition) is 0. The van der Waals surface area contributed by atoms with Crippen LogP contribution >= 0.6 is 0 Å². The van der Waals surface area contributed by atoms with E-state index in [9.17, 15) is 14.4 Å². The molecule has 0 spiro atoms. The highest BCUT2D eigenvalue weighted by Gasteiger charge is 2.36. The van der Waals surface area contributed by atoms with E-state index in [1.165, 1.54) is 13.8 Å². The average Bonchev–Trinajstić information content (AvgIpc) is 2.34. The normalized spacial score (nSPS) is 14.0. The van der Waals surface area contributed by atoms with Crippen LogP contribution in [0.2, 0.25) is 0 Å². The maximum atomic E-state index is 11.9. The summed E-state index contributed by atoms with van der Waals surface area (Å²) in [6, 6.07) is 0. The van der Waals surface area contributed by atoms with Crippen molar-refractivity contribution in [1.82, 2.24) is 0 Å². The van der Waals surface area contributed by atoms with Gasteiger partial charge in [0, 0.05) is 31.8 Å². The van der Waals surface area contributed by atoms with Gasteiger partial charge in [0.1, 0.15) is 16.3 Å². The molecular formula is C17H30O6Si. The SMILES string of the molecule is C=C(C)C(=O)OC(CC(C)C)C(C)CC([SiH3])(OC(C)=O)OC(C)=O. The minimum atomic E-state index is -1.26. The van der Waals surface area contributed by atoms with Crippen LogP contribution in [0.3, 0.4) is 0 Å². The Morgan fingerprint density at radius 1 is 1.04 bits per heavy atom. The highest BCUT2D eigenvalue weighted by atomic mass is 28.1. The monoisotopic (exact) mass is 358 g/mol. The first kappa shape index (κ1) is 22.4. The summed E-state index contributed by atoms with van der Waals surface area (Å²) in [5.41, 5.74) is -0.935. The van der Waals surface area contributed by atoms with E-state index in [-0.39, 0.29) is 18.4 Å². The van der Waals surface area contributed by atoms with Crippen LogP contribution in [0.15, 0.2) is 12.2 Å². The fourth-order valence-corrected chi connectivity index (χ4v) is 3.75. The quantitative estimate of drug-likeness (QED) is 0.270. The van der Waals surface area contributed by atoms with Gasteiger partial charge in [0.15, 0.2) is 0 Å². The van der Waals surface area contributed by atoms with Gasteiger partial charge in [-0.15, -0.1) is 0 Å². The molecule has 0 aliphatic rings. The molecule has 0 aromatic heterocycles. The second kappa shape index (κ2) is 9.61. The van der Waals surface area contributed by atoms with Gasteiger partial charge in [-0.05, 0) is 19.3 Å². The zero-order valence-corrected chi connectivity index (χ0v) is 17.8. The second-order valence-corrected chi connectivity index (χ2v) is 8.38. The van der Waals surface area contributed by atoms with Gasteiger partial charge in [0.25, 0.3) is 0 Å². The van der Waals surface area contributed by atoms with Crippen LogP contribution < -0.4 is 0 Å². The maximum Gasteiger partial charge on any atom is 0.333 e. The number of carbonyl (C=O) groups excluding carboxylic acids is 3. The summed E-state index contributed by atoms with van der Waals surface area (Å²) in [6.07, 6.45) is 0.547. The molecule has 0 rings (SSSR count). The maximum absolute atomic E-state index is 11.9. The summed E-state index contributed by atoms with van der Waals surface area (Å²) in [7, 11) is 0.308. The van der Waals surface area contributed by atoms with Crippen LogP contribution in [-0.2, 0) is 28.6 Å². The standard InChI is InChI=1S/C17H30O6Si/c1-10(2)8-15(21-16(20)11(3)4)12(5)9-17(24,22-13(6)18)23-14(7)19/h10,12,15H,3,8-9H2,1-2,4-7,24H3. The van der Waals surface area contributed by atoms with E-state index in [1.807, 2.05) is 20.8 Å². The first-order valence-corrected chi connectivity index (χ1v) is 9.12. The number of ether oxygens (including phenoxy) is 3. The molecule has 6 nitrogen and oxygen atoms in total. The van der Waals surface area contributed by atoms with Crippen LogP contribution in [0.1, 0.15) is 54.4 Å². The Hall–Kier alpha value is -1.63. The van der Waals surface area contributed by atoms with Gasteiger partial charge in [-0.1, -0.05) is 27.4 Å². The fourth-order valence-electron chi connectivity index (χ4n) is 2.53. The lowest BCUT2D eigenvalue weighted by molar-refractivity contribution is -0.204. The van der Waals surface area contributed by atoms with Crippen LogP contribution in [0.5, 0.6) is 0 Å². The molecular weight excluding hydrogens is 328 g/mol. The molecule has 0 amide bonds. The Labute approximate surface area is 147 Å². The largest absolute Gasteiger partial charge is 0.459 e. The van der Waals surface area contributed by atoms with E-state index in [1.54, 1.807) is 6.92 Å². The van der Waals surface area contributed by atoms with Gasteiger partial charge in [-0.2, -0.15) is 0 Å². The van der Waals surface area contributed by atoms with Crippen molar-refractivity contribution in [1.29, 1.82) is 0 Å². The number of esters is 3. The molecule has 2 atom stereocenters. The molecule has 24 heavy (non-hydrogen) atoms. The lowest BCUT2D eigenvalue weighted by atomic mass is 9.92. The van der Waals surface area contributed by atoms with E-state index < -0.39 is 23.3 Å². The first-order valence-electron chi connectivity index (χ1n) is 8.12. The predicted molar refractivity (Wildman–Crippen MR) is 94.1 cm³/mol. The molecule has 0 bridgehead atoms. The second-order valence-electron chi connectivity index (χ2n) is 6.86. The summed E-state index contributed by atoms with van der Waals surface area (Å²) in [4.78, 5) is 34.6. The summed E-state index contributed by atoms with van der Waals surface area (Å²) >= 11 is 0. The van der Waals surface area contributed by atoms with E-state index in [4.69, 9.17) is 14.2 Å². The fraction of sp³-hybridized carbons (Fsp3) is 0.706. The Morgan fingerprint density at radius 3 is 1.83 bits per heavy atom. The van der Waals surface area contributed by atoms with Crippen molar-refractivity contribution in [3.8, 4) is 0 Å². The summed E-state index contributed by atoms with van der Waals surface area (Å²) in [6.45, 7) is 13.7. The lowest BCUT2D eigenvalue weighted by Gasteiger charge is -2.34. The zero-order valence-electron chi connectivity index (χ0n) is 15.8. The highest BCUT2D eigenvalue weighted by Crippen LogP contribution is 2.27. The molecule has 0 saturated heterocycles. The van der Waals surface area contributed by atoms with Crippen molar-refractivity contribution in [3.63, 3.8) is 0 Å². The molecule has 0 aliphatic carbocycles. The number of carbonyl (C=O) groups is 3. The minimum Gasteiger partial charge on any atom is -0.459 e. The number of hydrogen-bond acceptors (Lipinski definition) is 6. The van der Waals surface area contributed by atoms with Crippen LogP contribution in [0.25, 0.3) is 0 Å². The molecule has 0 fully saturated rings. The Kier molecular flexibility index (Phi) is 8.96. The summed E-state index contributed by atoms with van der Waals surface area (Å²) < 4.78 is 16.0. The van der Waals surface area contributed by atoms with Gasteiger partial charge >= 0.3 is 17.9 Å². The third-order valence-corrected chi connectivity index (χ3v) is 4.17. The van der Waals surface area contributed by atoms with Crippen molar-refractivity contribution in [2.24, 2.45) is 11.8 Å². The molecule has 0 aromatic rings. The first-order chi connectivity index (χ1) is 10.9. The third-order valence-electron chi connectivity index (χ3n) is 3.36. The molecule has 7 heteroatoms. The Balaban J connectivity index is 5.24. The van der Waals surface area contributed by atoms with Gasteiger partial charge in [0.2, 0.25) is 5.41 Å². The topological polar surface area (TPSA) is 78.9 Å². The van der Waals surface area contributed by atoms with Crippen LogP contribution in [0.4, 0.5) is 0 Å². The predicted octanol–water partition coefficient (Wildman–Crippen LogP) is 1.69. The van der Waals surface area contributed by atoms with Crippen molar-refractivity contribution >= 4 is 28.2 Å². The van der Waals surface area contributed by atoms with Gasteiger partial charge < -0.3 is 14.2 Å². The van der Waals surface area contributed by atoms with Gasteiger partial charge in [0.05, 0.1) is 0 Å². The molecule has 0 aliphatic heterocycles. The van der Waals surface area contributed by atoms with Gasteiger partial charge in [-0.3, -0.25) is 9.59 Å². The summed E-state index contributed by atoms with van der Waals surface area (Å²) in [5.74, 6) is -1.34. The summed E-state index contributed by atoms with van der Waals surface area (Å²) in [5, 5.41) is 0. The molecule has 2 unspecified atom stereocenters. The van der Waals surface area contributed by atoms with Gasteiger partial charge in [-0.25, -0.2) is 4.79 Å². The lowest BCUT2D eigenvalue weighted by Crippen LogP contribution is -2.43. The van der Waals surface area contributed by atoms with Crippen LogP contribution in [0, 0.1) is 11.8 Å². The minimum absolute atomic E-state index is 0.160. The molecule has 0 heterocycles. The van der Waals surface area contributed by atoms with Crippen molar-refractivity contribution in [2.75, 3.05) is 0 Å². The molecule has 138 valence electrons. The van der Waals surface area contributed by atoms with Crippen molar-refractivity contribution in [2.45, 2.75) is 65.9 Å². The molecule has 0 aromatic carbocycles. The van der Waals surface area contributed by atoms with Crippen molar-refractivity contribution in [3.05, 3.63) is 12.2 Å². The Bertz CT molecular complexity index is 469. The van der Waals surface area contributed by atoms with Crippen molar-refractivity contribution < 1.29 is 28.6 Å². The molecule has 0 N–H and O–H groups in total. The molecule has 0 radical (unpaired) electrons. The van der Waals surface area contributed by atoms with E-state index in [2.05, 4.69) is 6.58 Å². The van der Waals surface area contributed by atoms with E-state index in [0.717, 1.165) is 0 Å². The number of rotatable bonds is 9. The third kappa shape index (κ3) is 8.86.